The van der Waals surface area contributed by atoms with Gasteiger partial charge in [0.05, 0.1) is 5.02 Å². The van der Waals surface area contributed by atoms with E-state index in [0.717, 1.165) is 17.7 Å². The first-order chi connectivity index (χ1) is 10.1. The lowest BCUT2D eigenvalue weighted by molar-refractivity contribution is 0.439. The number of benzene rings is 2. The lowest BCUT2D eigenvalue weighted by Crippen LogP contribution is -2.15. The van der Waals surface area contributed by atoms with Crippen LogP contribution in [0.1, 0.15) is 24.0 Å². The molecule has 21 heavy (non-hydrogen) atoms. The van der Waals surface area contributed by atoms with E-state index in [-0.39, 0.29) is 10.8 Å². The second kappa shape index (κ2) is 6.04. The largest absolute Gasteiger partial charge is 0.454 e. The summed E-state index contributed by atoms with van der Waals surface area (Å²) in [4.78, 5) is 0. The first kappa shape index (κ1) is 14.4. The van der Waals surface area contributed by atoms with Crippen LogP contribution in [0.15, 0.2) is 36.4 Å². The van der Waals surface area contributed by atoms with Gasteiger partial charge in [0.2, 0.25) is 0 Å². The molecule has 1 N–H and O–H groups in total. The summed E-state index contributed by atoms with van der Waals surface area (Å²) >= 11 is 5.78. The van der Waals surface area contributed by atoms with Gasteiger partial charge in [-0.25, -0.2) is 4.39 Å². The molecule has 1 aliphatic rings. The monoisotopic (exact) mass is 305 g/mol. The molecule has 1 saturated carbocycles. The van der Waals surface area contributed by atoms with Gasteiger partial charge in [-0.05, 0) is 49.1 Å². The van der Waals surface area contributed by atoms with Crippen molar-refractivity contribution in [2.24, 2.45) is 0 Å². The minimum Gasteiger partial charge on any atom is -0.454 e. The average molecular weight is 306 g/mol. The number of hydrogen-bond acceptors (Lipinski definition) is 2. The van der Waals surface area contributed by atoms with Crippen molar-refractivity contribution in [1.29, 1.82) is 0 Å². The van der Waals surface area contributed by atoms with Gasteiger partial charge in [0.25, 0.3) is 0 Å². The van der Waals surface area contributed by atoms with E-state index in [0.29, 0.717) is 11.8 Å². The van der Waals surface area contributed by atoms with Crippen LogP contribution in [0.5, 0.6) is 11.5 Å². The average Bonchev–Trinajstić information content (AvgIpc) is 3.29. The van der Waals surface area contributed by atoms with Gasteiger partial charge >= 0.3 is 0 Å². The Morgan fingerprint density at radius 1 is 1.24 bits per heavy atom. The fraction of sp³-hybridized carbons (Fsp3) is 0.294. The Labute approximate surface area is 128 Å². The highest BCUT2D eigenvalue weighted by molar-refractivity contribution is 6.30. The maximum atomic E-state index is 13.9. The number of ether oxygens (including phenoxy) is 1. The molecule has 2 aromatic rings. The van der Waals surface area contributed by atoms with Crippen molar-refractivity contribution in [3.63, 3.8) is 0 Å². The molecule has 4 heteroatoms. The summed E-state index contributed by atoms with van der Waals surface area (Å²) in [5.74, 6) is 0.282. The van der Waals surface area contributed by atoms with Crippen molar-refractivity contribution in [3.05, 3.63) is 58.4 Å². The van der Waals surface area contributed by atoms with Gasteiger partial charge in [0, 0.05) is 12.6 Å². The molecule has 110 valence electrons. The smallest absolute Gasteiger partial charge is 0.184 e. The molecule has 0 saturated heterocycles. The number of rotatable bonds is 5. The van der Waals surface area contributed by atoms with Gasteiger partial charge < -0.3 is 10.1 Å². The van der Waals surface area contributed by atoms with Crippen molar-refractivity contribution >= 4 is 11.6 Å². The third-order valence-electron chi connectivity index (χ3n) is 3.56. The Morgan fingerprint density at radius 3 is 2.81 bits per heavy atom. The zero-order valence-corrected chi connectivity index (χ0v) is 12.6. The van der Waals surface area contributed by atoms with E-state index in [1.54, 1.807) is 12.1 Å². The highest BCUT2D eigenvalue weighted by Gasteiger charge is 2.20. The van der Waals surface area contributed by atoms with E-state index in [4.69, 9.17) is 16.3 Å². The molecule has 0 bridgehead atoms. The van der Waals surface area contributed by atoms with Crippen LogP contribution in [0, 0.1) is 12.7 Å². The molecular formula is C17H17ClFNO. The van der Waals surface area contributed by atoms with Crippen LogP contribution in [0.25, 0.3) is 0 Å². The molecule has 0 radical (unpaired) electrons. The summed E-state index contributed by atoms with van der Waals surface area (Å²) < 4.78 is 19.6. The minimum absolute atomic E-state index is 0.0664. The lowest BCUT2D eigenvalue weighted by Gasteiger charge is -2.12. The van der Waals surface area contributed by atoms with E-state index in [9.17, 15) is 4.39 Å². The normalized spacial score (nSPS) is 14.2. The number of hydrogen-bond donors (Lipinski definition) is 1. The van der Waals surface area contributed by atoms with Crippen molar-refractivity contribution < 1.29 is 9.13 Å². The second-order valence-electron chi connectivity index (χ2n) is 5.41. The summed E-state index contributed by atoms with van der Waals surface area (Å²) in [6, 6.07) is 11.4. The molecule has 0 unspecified atom stereocenters. The summed E-state index contributed by atoms with van der Waals surface area (Å²) in [6.45, 7) is 2.75. The number of halogens is 2. The van der Waals surface area contributed by atoms with Crippen molar-refractivity contribution in [2.75, 3.05) is 0 Å². The summed E-state index contributed by atoms with van der Waals surface area (Å²) in [5, 5.41) is 3.52. The van der Waals surface area contributed by atoms with E-state index in [2.05, 4.69) is 11.4 Å². The van der Waals surface area contributed by atoms with Gasteiger partial charge in [-0.1, -0.05) is 29.8 Å². The van der Waals surface area contributed by atoms with Crippen molar-refractivity contribution in [2.45, 2.75) is 32.4 Å². The molecule has 3 rings (SSSR count). The third kappa shape index (κ3) is 3.55. The molecule has 1 fully saturated rings. The zero-order chi connectivity index (χ0) is 14.8. The quantitative estimate of drug-likeness (QED) is 0.854. The van der Waals surface area contributed by atoms with E-state index < -0.39 is 5.82 Å². The minimum atomic E-state index is -0.528. The zero-order valence-electron chi connectivity index (χ0n) is 11.8. The summed E-state index contributed by atoms with van der Waals surface area (Å²) in [7, 11) is 0. The van der Waals surface area contributed by atoms with Crippen molar-refractivity contribution in [3.8, 4) is 11.5 Å². The Morgan fingerprint density at radius 2 is 2.05 bits per heavy atom. The highest BCUT2D eigenvalue weighted by atomic mass is 35.5. The number of nitrogens with one attached hydrogen (secondary N) is 1. The van der Waals surface area contributed by atoms with E-state index in [1.807, 2.05) is 19.1 Å². The Kier molecular flexibility index (Phi) is 4.13. The molecule has 0 aromatic heterocycles. The molecule has 0 spiro atoms. The predicted molar refractivity (Wildman–Crippen MR) is 82.5 cm³/mol. The maximum Gasteiger partial charge on any atom is 0.184 e. The standard InChI is InChI=1S/C17H17ClFNO/c1-11-5-6-12(10-20-13-7-8-13)9-16(11)21-15-4-2-3-14(18)17(15)19/h2-6,9,13,20H,7-8,10H2,1H3. The van der Waals surface area contributed by atoms with Crippen LogP contribution in [-0.2, 0) is 6.54 Å². The molecular weight excluding hydrogens is 289 g/mol. The first-order valence-corrected chi connectivity index (χ1v) is 7.46. The Hall–Kier alpha value is -1.58. The van der Waals surface area contributed by atoms with Gasteiger partial charge in [-0.2, -0.15) is 0 Å². The molecule has 2 nitrogen and oxygen atoms in total. The lowest BCUT2D eigenvalue weighted by atomic mass is 10.1. The van der Waals surface area contributed by atoms with Crippen LogP contribution < -0.4 is 10.1 Å². The molecule has 0 heterocycles. The van der Waals surface area contributed by atoms with Crippen molar-refractivity contribution in [1.82, 2.24) is 5.32 Å². The van der Waals surface area contributed by atoms with Crippen LogP contribution in [0.2, 0.25) is 5.02 Å². The van der Waals surface area contributed by atoms with E-state index in [1.165, 1.54) is 18.9 Å². The fourth-order valence-corrected chi connectivity index (χ4v) is 2.26. The van der Waals surface area contributed by atoms with Gasteiger partial charge in [0.1, 0.15) is 5.75 Å². The van der Waals surface area contributed by atoms with Crippen LogP contribution >= 0.6 is 11.6 Å². The van der Waals surface area contributed by atoms with Crippen LogP contribution in [0.4, 0.5) is 4.39 Å². The molecule has 2 aromatic carbocycles. The number of aryl methyl sites for hydroxylation is 1. The molecule has 1 aliphatic carbocycles. The summed E-state index contributed by atoms with van der Waals surface area (Å²) in [5.41, 5.74) is 2.09. The SMILES string of the molecule is Cc1ccc(CNC2CC2)cc1Oc1cccc(Cl)c1F. The van der Waals surface area contributed by atoms with E-state index >= 15 is 0 Å². The predicted octanol–water partition coefficient (Wildman–Crippen LogP) is 4.83. The van der Waals surface area contributed by atoms with Gasteiger partial charge in [-0.15, -0.1) is 0 Å². The van der Waals surface area contributed by atoms with Crippen LogP contribution in [0.3, 0.4) is 0 Å². The van der Waals surface area contributed by atoms with Crippen LogP contribution in [-0.4, -0.2) is 6.04 Å². The first-order valence-electron chi connectivity index (χ1n) is 7.08. The Bertz CT molecular complexity index is 655. The second-order valence-corrected chi connectivity index (χ2v) is 5.82. The highest BCUT2D eigenvalue weighted by Crippen LogP contribution is 2.31. The van der Waals surface area contributed by atoms with Gasteiger partial charge in [0.15, 0.2) is 11.6 Å². The maximum absolute atomic E-state index is 13.9. The Balaban J connectivity index is 1.79. The fourth-order valence-electron chi connectivity index (χ4n) is 2.10. The molecule has 0 aliphatic heterocycles. The van der Waals surface area contributed by atoms with Gasteiger partial charge in [-0.3, -0.25) is 0 Å². The topological polar surface area (TPSA) is 21.3 Å². The molecule has 0 amide bonds. The molecule has 0 atom stereocenters. The third-order valence-corrected chi connectivity index (χ3v) is 3.85. The summed E-state index contributed by atoms with van der Waals surface area (Å²) in [6.07, 6.45) is 2.51.